The van der Waals surface area contributed by atoms with Crippen molar-refractivity contribution >= 4 is 41.4 Å². The van der Waals surface area contributed by atoms with E-state index in [0.717, 1.165) is 15.6 Å². The Labute approximate surface area is 237 Å². The molecule has 5 aromatic rings. The lowest BCUT2D eigenvalue weighted by Crippen LogP contribution is -2.13. The number of benzene rings is 2. The summed E-state index contributed by atoms with van der Waals surface area (Å²) in [5.74, 6) is -0.243. The zero-order valence-electron chi connectivity index (χ0n) is 21.3. The third kappa shape index (κ3) is 6.93. The van der Waals surface area contributed by atoms with Gasteiger partial charge in [0.25, 0.3) is 5.56 Å². The lowest BCUT2D eigenvalue weighted by molar-refractivity contribution is 0.136. The number of ether oxygens (including phenoxy) is 1. The van der Waals surface area contributed by atoms with Gasteiger partial charge in [0.1, 0.15) is 13.0 Å². The van der Waals surface area contributed by atoms with E-state index >= 15 is 0 Å². The minimum absolute atomic E-state index is 0.00828. The SMILES string of the molecule is Cc1ccc(-c2oc(=O)oc2COP(COCCn2cnc3c(=O)[nH]c(N)nc32)OCc2cccc(Br)c2)cc1. The van der Waals surface area contributed by atoms with Gasteiger partial charge in [-0.25, -0.2) is 9.78 Å². The monoisotopic (exact) mass is 629 g/mol. The lowest BCUT2D eigenvalue weighted by atomic mass is 10.1. The Bertz CT molecular complexity index is 1710. The molecule has 0 saturated heterocycles. The van der Waals surface area contributed by atoms with Gasteiger partial charge in [-0.05, 0) is 24.6 Å². The number of aromatic nitrogens is 4. The predicted molar refractivity (Wildman–Crippen MR) is 151 cm³/mol. The number of imidazole rings is 1. The quantitative estimate of drug-likeness (QED) is 0.146. The third-order valence-corrected chi connectivity index (χ3v) is 7.45. The largest absolute Gasteiger partial charge is 0.519 e. The summed E-state index contributed by atoms with van der Waals surface area (Å²) in [5, 5.41) is 0. The molecule has 1 unspecified atom stereocenters. The van der Waals surface area contributed by atoms with Crippen molar-refractivity contribution in [1.29, 1.82) is 0 Å². The van der Waals surface area contributed by atoms with Crippen LogP contribution in [0, 0.1) is 6.92 Å². The first-order chi connectivity index (χ1) is 19.4. The van der Waals surface area contributed by atoms with Crippen LogP contribution in [0.3, 0.4) is 0 Å². The summed E-state index contributed by atoms with van der Waals surface area (Å²) in [7, 11) is -1.57. The van der Waals surface area contributed by atoms with Crippen molar-refractivity contribution in [3.63, 3.8) is 0 Å². The number of nitrogens with one attached hydrogen (secondary N) is 1. The van der Waals surface area contributed by atoms with Gasteiger partial charge >= 0.3 is 5.82 Å². The summed E-state index contributed by atoms with van der Waals surface area (Å²) in [6.45, 7) is 2.83. The molecule has 208 valence electrons. The molecule has 5 rings (SSSR count). The highest BCUT2D eigenvalue weighted by Gasteiger charge is 2.19. The van der Waals surface area contributed by atoms with E-state index in [1.807, 2.05) is 55.5 Å². The second kappa shape index (κ2) is 12.7. The Morgan fingerprint density at radius 1 is 1.10 bits per heavy atom. The van der Waals surface area contributed by atoms with Crippen LogP contribution in [0.5, 0.6) is 0 Å². The van der Waals surface area contributed by atoms with Crippen LogP contribution in [0.1, 0.15) is 16.9 Å². The molecule has 0 spiro atoms. The molecule has 3 N–H and O–H groups in total. The summed E-state index contributed by atoms with van der Waals surface area (Å²) in [4.78, 5) is 34.6. The molecule has 0 radical (unpaired) electrons. The Hall–Kier alpha value is -3.61. The van der Waals surface area contributed by atoms with Gasteiger partial charge in [0.05, 0.1) is 19.5 Å². The third-order valence-electron chi connectivity index (χ3n) is 5.73. The van der Waals surface area contributed by atoms with Gasteiger partial charge in [-0.1, -0.05) is 57.9 Å². The van der Waals surface area contributed by atoms with Crippen LogP contribution in [0.4, 0.5) is 5.95 Å². The first-order valence-electron chi connectivity index (χ1n) is 12.1. The van der Waals surface area contributed by atoms with Crippen LogP contribution in [0.25, 0.3) is 22.5 Å². The second-order valence-corrected chi connectivity index (χ2v) is 11.0. The summed E-state index contributed by atoms with van der Waals surface area (Å²) >= 11 is 3.46. The van der Waals surface area contributed by atoms with Gasteiger partial charge in [-0.2, -0.15) is 4.98 Å². The van der Waals surface area contributed by atoms with Gasteiger partial charge in [0, 0.05) is 16.6 Å². The maximum absolute atomic E-state index is 12.0. The number of fused-ring (bicyclic) bond motifs is 1. The molecule has 0 bridgehead atoms. The number of aromatic amines is 1. The molecular weight excluding hydrogens is 605 g/mol. The molecule has 0 aliphatic carbocycles. The van der Waals surface area contributed by atoms with Crippen molar-refractivity contribution in [3.8, 4) is 11.3 Å². The minimum atomic E-state index is -1.57. The normalized spacial score (nSPS) is 12.2. The van der Waals surface area contributed by atoms with Crippen molar-refractivity contribution in [2.24, 2.45) is 0 Å². The zero-order chi connectivity index (χ0) is 28.1. The Morgan fingerprint density at radius 2 is 1.90 bits per heavy atom. The number of nitrogens with two attached hydrogens (primary N) is 1. The summed E-state index contributed by atoms with van der Waals surface area (Å²) in [5.41, 5.74) is 8.55. The molecule has 0 saturated carbocycles. The molecule has 0 aliphatic heterocycles. The van der Waals surface area contributed by atoms with E-state index in [1.54, 1.807) is 4.57 Å². The standard InChI is InChI=1S/C26H25BrN5O7P/c1-16-5-7-18(8-6-16)22-20(38-26(34)39-22)13-37-40(36-12-17-3-2-4-19(27)11-17)15-35-10-9-32-14-29-21-23(32)30-25(28)31-24(21)33/h2-8,11,14H,9-10,12-13,15H2,1H3,(H3,28,30,31,33). The van der Waals surface area contributed by atoms with Gasteiger partial charge in [0.2, 0.25) is 5.95 Å². The predicted octanol–water partition coefficient (Wildman–Crippen LogP) is 4.71. The maximum Gasteiger partial charge on any atom is 0.519 e. The Kier molecular flexibility index (Phi) is 8.88. The summed E-state index contributed by atoms with van der Waals surface area (Å²) in [6, 6.07) is 15.2. The van der Waals surface area contributed by atoms with Crippen LogP contribution in [0.2, 0.25) is 0 Å². The molecule has 0 amide bonds. The van der Waals surface area contributed by atoms with Crippen LogP contribution in [-0.2, 0) is 33.5 Å². The van der Waals surface area contributed by atoms with Crippen molar-refractivity contribution in [2.75, 3.05) is 18.7 Å². The van der Waals surface area contributed by atoms with Crippen LogP contribution in [-0.4, -0.2) is 32.5 Å². The molecular formula is C26H25BrN5O7P. The molecule has 40 heavy (non-hydrogen) atoms. The van der Waals surface area contributed by atoms with E-state index in [1.165, 1.54) is 6.33 Å². The second-order valence-electron chi connectivity index (χ2n) is 8.68. The molecule has 2 aromatic carbocycles. The number of halogens is 1. The van der Waals surface area contributed by atoms with Crippen molar-refractivity contribution in [2.45, 2.75) is 26.7 Å². The van der Waals surface area contributed by atoms with E-state index < -0.39 is 19.8 Å². The number of H-pyrrole nitrogens is 1. The highest BCUT2D eigenvalue weighted by atomic mass is 79.9. The lowest BCUT2D eigenvalue weighted by Gasteiger charge is -2.17. The van der Waals surface area contributed by atoms with Crippen LogP contribution >= 0.6 is 24.3 Å². The van der Waals surface area contributed by atoms with Crippen molar-refractivity contribution in [3.05, 3.63) is 97.2 Å². The van der Waals surface area contributed by atoms with Gasteiger partial charge in [-0.3, -0.25) is 9.78 Å². The number of hydrogen-bond donors (Lipinski definition) is 2. The number of aryl methyl sites for hydroxylation is 1. The Morgan fingerprint density at radius 3 is 2.70 bits per heavy atom. The number of anilines is 1. The fourth-order valence-corrected chi connectivity index (χ4v) is 5.28. The van der Waals surface area contributed by atoms with Crippen LogP contribution in [0.15, 0.2) is 77.8 Å². The highest BCUT2D eigenvalue weighted by molar-refractivity contribution is 9.10. The van der Waals surface area contributed by atoms with E-state index in [9.17, 15) is 9.59 Å². The maximum atomic E-state index is 12.0. The van der Waals surface area contributed by atoms with Gasteiger partial charge in [0.15, 0.2) is 31.1 Å². The molecule has 12 nitrogen and oxygen atoms in total. The van der Waals surface area contributed by atoms with E-state index in [2.05, 4.69) is 30.9 Å². The fraction of sp³-hybridized carbons (Fsp3) is 0.231. The van der Waals surface area contributed by atoms with Crippen molar-refractivity contribution in [1.82, 2.24) is 19.5 Å². The molecule has 3 aromatic heterocycles. The van der Waals surface area contributed by atoms with E-state index in [4.69, 9.17) is 28.4 Å². The Balaban J connectivity index is 1.24. The molecule has 0 aliphatic rings. The number of rotatable bonds is 12. The van der Waals surface area contributed by atoms with Crippen LogP contribution < -0.4 is 17.1 Å². The number of nitrogen functional groups attached to an aromatic ring is 1. The molecule has 3 heterocycles. The topological polar surface area (TPSA) is 161 Å². The average Bonchev–Trinajstić information content (AvgIpc) is 3.51. The number of hydrogen-bond acceptors (Lipinski definition) is 10. The highest BCUT2D eigenvalue weighted by Crippen LogP contribution is 2.41. The molecule has 14 heteroatoms. The minimum Gasteiger partial charge on any atom is -0.393 e. The first kappa shape index (κ1) is 27.9. The van der Waals surface area contributed by atoms with Gasteiger partial charge < -0.3 is 32.9 Å². The number of nitrogens with zero attached hydrogens (tertiary/aromatic N) is 3. The fourth-order valence-electron chi connectivity index (χ4n) is 3.78. The first-order valence-corrected chi connectivity index (χ1v) is 14.3. The summed E-state index contributed by atoms with van der Waals surface area (Å²) in [6.07, 6.45) is 1.64. The average molecular weight is 630 g/mol. The molecule has 0 fully saturated rings. The van der Waals surface area contributed by atoms with E-state index in [0.29, 0.717) is 23.5 Å². The molecule has 1 atom stereocenters. The zero-order valence-corrected chi connectivity index (χ0v) is 23.8. The smallest absolute Gasteiger partial charge is 0.393 e. The summed E-state index contributed by atoms with van der Waals surface area (Å²) < 4.78 is 31.1. The van der Waals surface area contributed by atoms with Gasteiger partial charge in [-0.15, -0.1) is 0 Å². The van der Waals surface area contributed by atoms with E-state index in [-0.39, 0.29) is 43.4 Å². The van der Waals surface area contributed by atoms with Crippen molar-refractivity contribution < 1.29 is 22.6 Å².